The maximum Gasteiger partial charge on any atom is 0.0718 e. The summed E-state index contributed by atoms with van der Waals surface area (Å²) in [6.07, 6.45) is 4.92. The molecular weight excluding hydrogens is 382 g/mol. The van der Waals surface area contributed by atoms with E-state index in [0.29, 0.717) is 11.8 Å². The van der Waals surface area contributed by atoms with E-state index in [1.807, 2.05) is 13.8 Å². The van der Waals surface area contributed by atoms with Crippen LogP contribution >= 0.6 is 0 Å². The van der Waals surface area contributed by atoms with Gasteiger partial charge in [0.05, 0.1) is 11.3 Å². The number of nitrogens with zero attached hydrogens (tertiary/aromatic N) is 2. The van der Waals surface area contributed by atoms with Gasteiger partial charge in [0.15, 0.2) is 0 Å². The van der Waals surface area contributed by atoms with E-state index in [1.165, 1.54) is 59.0 Å². The van der Waals surface area contributed by atoms with Gasteiger partial charge in [0.1, 0.15) is 0 Å². The van der Waals surface area contributed by atoms with Gasteiger partial charge in [-0.15, -0.1) is 0 Å². The number of hydrogen-bond donors (Lipinski definition) is 2. The van der Waals surface area contributed by atoms with E-state index in [4.69, 9.17) is 0 Å². The van der Waals surface area contributed by atoms with Crippen LogP contribution in [0, 0.1) is 13.8 Å². The first-order valence-corrected chi connectivity index (χ1v) is 11.8. The number of aryl methyl sites for hydroxylation is 2. The van der Waals surface area contributed by atoms with Crippen LogP contribution in [0.25, 0.3) is 22.2 Å². The second kappa shape index (κ2) is 7.75. The van der Waals surface area contributed by atoms with Gasteiger partial charge in [-0.2, -0.15) is 0 Å². The first-order chi connectivity index (χ1) is 14.8. The van der Waals surface area contributed by atoms with Crippen molar-refractivity contribution in [2.75, 3.05) is 19.6 Å². The fourth-order valence-electron chi connectivity index (χ4n) is 5.46. The molecule has 2 aliphatic rings. The van der Waals surface area contributed by atoms with E-state index >= 15 is 0 Å². The number of aromatic nitrogens is 2. The van der Waals surface area contributed by atoms with E-state index in [9.17, 15) is 5.11 Å². The van der Waals surface area contributed by atoms with Crippen LogP contribution in [0.1, 0.15) is 73.9 Å². The molecule has 2 aromatic heterocycles. The standard InChI is InChI=1S/C27H35N3O/c1-17-13-22(14-18(2)28-17)26-25(20-5-6-20)23-15-21(7-8-24(23)29-26)19-9-11-30(12-10-19)16-27(3,4)31/h7-8,13-15,19-20,29,31H,5-6,9-12,16H2,1-4H3. The molecule has 1 aromatic carbocycles. The second-order valence-corrected chi connectivity index (χ2v) is 10.5. The molecular formula is C27H35N3O. The average Bonchev–Trinajstić information content (AvgIpc) is 3.46. The van der Waals surface area contributed by atoms with Crippen LogP contribution in [0.5, 0.6) is 0 Å². The van der Waals surface area contributed by atoms with E-state index < -0.39 is 5.60 Å². The summed E-state index contributed by atoms with van der Waals surface area (Å²) in [4.78, 5) is 10.7. The number of fused-ring (bicyclic) bond motifs is 1. The van der Waals surface area contributed by atoms with Crippen molar-refractivity contribution in [2.24, 2.45) is 0 Å². The van der Waals surface area contributed by atoms with Crippen molar-refractivity contribution in [1.29, 1.82) is 0 Å². The lowest BCUT2D eigenvalue weighted by atomic mass is 9.87. The number of likely N-dealkylation sites (tertiary alicyclic amines) is 1. The number of H-pyrrole nitrogens is 1. The number of hydrogen-bond acceptors (Lipinski definition) is 3. The van der Waals surface area contributed by atoms with Crippen molar-refractivity contribution < 1.29 is 5.11 Å². The molecule has 164 valence electrons. The van der Waals surface area contributed by atoms with Crippen LogP contribution in [0.2, 0.25) is 0 Å². The Morgan fingerprint density at radius 3 is 2.29 bits per heavy atom. The van der Waals surface area contributed by atoms with Gasteiger partial charge < -0.3 is 15.0 Å². The van der Waals surface area contributed by atoms with Crippen molar-refractivity contribution >= 4 is 10.9 Å². The molecule has 2 fully saturated rings. The Labute approximate surface area is 185 Å². The fraction of sp³-hybridized carbons (Fsp3) is 0.519. The zero-order valence-corrected chi connectivity index (χ0v) is 19.3. The number of aliphatic hydroxyl groups is 1. The van der Waals surface area contributed by atoms with Gasteiger partial charge in [-0.05, 0) is 114 Å². The number of rotatable bonds is 5. The Morgan fingerprint density at radius 2 is 1.68 bits per heavy atom. The molecule has 0 atom stereocenters. The molecule has 2 N–H and O–H groups in total. The lowest BCUT2D eigenvalue weighted by Crippen LogP contribution is -2.42. The summed E-state index contributed by atoms with van der Waals surface area (Å²) in [6, 6.07) is 11.5. The molecule has 0 amide bonds. The number of pyridine rings is 1. The molecule has 5 rings (SSSR count). The van der Waals surface area contributed by atoms with E-state index in [2.05, 4.69) is 59.0 Å². The average molecular weight is 418 g/mol. The van der Waals surface area contributed by atoms with Crippen molar-refractivity contribution in [2.45, 2.75) is 70.8 Å². The number of β-amino-alcohol motifs (C(OH)–C–C–N with tert-alkyl or cyclic N) is 1. The zero-order valence-electron chi connectivity index (χ0n) is 19.3. The van der Waals surface area contributed by atoms with Gasteiger partial charge in [-0.3, -0.25) is 4.98 Å². The monoisotopic (exact) mass is 417 g/mol. The maximum absolute atomic E-state index is 10.1. The quantitative estimate of drug-likeness (QED) is 0.562. The van der Waals surface area contributed by atoms with Crippen LogP contribution in [-0.4, -0.2) is 45.2 Å². The molecule has 0 bridgehead atoms. The Balaban J connectivity index is 1.46. The largest absolute Gasteiger partial charge is 0.389 e. The van der Waals surface area contributed by atoms with Crippen LogP contribution in [0.3, 0.4) is 0 Å². The van der Waals surface area contributed by atoms with Gasteiger partial charge in [-0.25, -0.2) is 0 Å². The third-order valence-electron chi connectivity index (χ3n) is 6.89. The van der Waals surface area contributed by atoms with Gasteiger partial charge in [0, 0.05) is 34.4 Å². The molecule has 0 spiro atoms. The Bertz CT molecular complexity index is 1080. The molecule has 31 heavy (non-hydrogen) atoms. The Hall–Kier alpha value is -2.17. The molecule has 1 aliphatic heterocycles. The van der Waals surface area contributed by atoms with Gasteiger partial charge >= 0.3 is 0 Å². The van der Waals surface area contributed by atoms with Crippen molar-refractivity contribution in [1.82, 2.24) is 14.9 Å². The van der Waals surface area contributed by atoms with Crippen molar-refractivity contribution in [3.8, 4) is 11.3 Å². The predicted octanol–water partition coefficient (Wildman–Crippen LogP) is 5.67. The molecule has 3 aromatic rings. The molecule has 3 heterocycles. The topological polar surface area (TPSA) is 52.2 Å². The van der Waals surface area contributed by atoms with Gasteiger partial charge in [0.25, 0.3) is 0 Å². The molecule has 4 nitrogen and oxygen atoms in total. The lowest BCUT2D eigenvalue weighted by molar-refractivity contribution is 0.0282. The summed E-state index contributed by atoms with van der Waals surface area (Å²) >= 11 is 0. The number of piperidine rings is 1. The Morgan fingerprint density at radius 1 is 1.00 bits per heavy atom. The summed E-state index contributed by atoms with van der Waals surface area (Å²) in [5, 5.41) is 11.6. The van der Waals surface area contributed by atoms with E-state index in [-0.39, 0.29) is 0 Å². The third-order valence-corrected chi connectivity index (χ3v) is 6.89. The highest BCUT2D eigenvalue weighted by Gasteiger charge is 2.31. The molecule has 0 unspecified atom stereocenters. The summed E-state index contributed by atoms with van der Waals surface area (Å²) in [6.45, 7) is 10.9. The molecule has 1 saturated heterocycles. The van der Waals surface area contributed by atoms with Gasteiger partial charge in [-0.1, -0.05) is 6.07 Å². The number of aromatic amines is 1. The zero-order chi connectivity index (χ0) is 21.8. The lowest BCUT2D eigenvalue weighted by Gasteiger charge is -2.35. The smallest absolute Gasteiger partial charge is 0.0718 e. The summed E-state index contributed by atoms with van der Waals surface area (Å²) in [5.41, 5.74) is 8.35. The third kappa shape index (κ3) is 4.42. The molecule has 4 heteroatoms. The summed E-state index contributed by atoms with van der Waals surface area (Å²) in [5.74, 6) is 1.29. The predicted molar refractivity (Wildman–Crippen MR) is 128 cm³/mol. The van der Waals surface area contributed by atoms with Crippen LogP contribution in [-0.2, 0) is 0 Å². The molecule has 0 radical (unpaired) electrons. The van der Waals surface area contributed by atoms with Crippen molar-refractivity contribution in [3.63, 3.8) is 0 Å². The van der Waals surface area contributed by atoms with E-state index in [0.717, 1.165) is 31.0 Å². The van der Waals surface area contributed by atoms with Crippen LogP contribution in [0.15, 0.2) is 30.3 Å². The second-order valence-electron chi connectivity index (χ2n) is 10.5. The minimum Gasteiger partial charge on any atom is -0.389 e. The molecule has 1 aliphatic carbocycles. The van der Waals surface area contributed by atoms with E-state index in [1.54, 1.807) is 0 Å². The highest BCUT2D eigenvalue weighted by molar-refractivity contribution is 5.92. The minimum absolute atomic E-state index is 0.610. The normalized spacial score (nSPS) is 18.7. The molecule has 1 saturated carbocycles. The highest BCUT2D eigenvalue weighted by Crippen LogP contribution is 2.48. The Kier molecular flexibility index (Phi) is 5.18. The van der Waals surface area contributed by atoms with Crippen LogP contribution < -0.4 is 0 Å². The minimum atomic E-state index is -0.615. The van der Waals surface area contributed by atoms with Gasteiger partial charge in [0.2, 0.25) is 0 Å². The number of benzene rings is 1. The fourth-order valence-corrected chi connectivity index (χ4v) is 5.46. The summed E-state index contributed by atoms with van der Waals surface area (Å²) < 4.78 is 0. The SMILES string of the molecule is Cc1cc(-c2[nH]c3ccc(C4CCN(CC(C)(C)O)CC4)cc3c2C2CC2)cc(C)n1. The summed E-state index contributed by atoms with van der Waals surface area (Å²) in [7, 11) is 0. The van der Waals surface area contributed by atoms with Crippen molar-refractivity contribution in [3.05, 3.63) is 52.8 Å². The first kappa shape index (κ1) is 20.7. The first-order valence-electron chi connectivity index (χ1n) is 11.8. The van der Waals surface area contributed by atoms with Crippen LogP contribution in [0.4, 0.5) is 0 Å². The maximum atomic E-state index is 10.1. The highest BCUT2D eigenvalue weighted by atomic mass is 16.3. The number of nitrogens with one attached hydrogen (secondary N) is 1.